The van der Waals surface area contributed by atoms with Gasteiger partial charge in [-0.2, -0.15) is 11.8 Å². The summed E-state index contributed by atoms with van der Waals surface area (Å²) in [5, 5.41) is 33.3. The van der Waals surface area contributed by atoms with Crippen LogP contribution in [0.5, 0.6) is 0 Å². The number of hydrogen-bond acceptors (Lipinski definition) is 11. The van der Waals surface area contributed by atoms with Crippen molar-refractivity contribution in [3.8, 4) is 0 Å². The molecule has 39 heavy (non-hydrogen) atoms. The maximum absolute atomic E-state index is 10.4. The van der Waals surface area contributed by atoms with Crippen LogP contribution in [0, 0.1) is 0 Å². The zero-order valence-electron chi connectivity index (χ0n) is 22.4. The number of benzene rings is 1. The van der Waals surface area contributed by atoms with Gasteiger partial charge in [-0.15, -0.1) is 0 Å². The highest BCUT2D eigenvalue weighted by Gasteiger charge is 2.11. The molecule has 0 heterocycles. The third kappa shape index (κ3) is 28.0. The van der Waals surface area contributed by atoms with E-state index in [4.69, 9.17) is 54.8 Å². The molecule has 4 atom stereocenters. The number of carboxylic acid groups (broad SMARTS) is 4. The first-order chi connectivity index (χ1) is 18.2. The van der Waals surface area contributed by atoms with Crippen molar-refractivity contribution in [2.75, 3.05) is 25.1 Å². The zero-order chi connectivity index (χ0) is 30.8. The Balaban J connectivity index is -0.000000448. The molecule has 0 fully saturated rings. The van der Waals surface area contributed by atoms with Gasteiger partial charge >= 0.3 is 23.9 Å². The molecule has 0 aliphatic carbocycles. The predicted molar refractivity (Wildman–Crippen MR) is 152 cm³/mol. The Morgan fingerprint density at radius 1 is 0.667 bits per heavy atom. The Morgan fingerprint density at radius 3 is 1.33 bits per heavy atom. The van der Waals surface area contributed by atoms with Gasteiger partial charge in [-0.25, -0.2) is 0 Å². The van der Waals surface area contributed by atoms with Crippen LogP contribution in [0.4, 0.5) is 0 Å². The van der Waals surface area contributed by atoms with E-state index in [9.17, 15) is 19.2 Å². The van der Waals surface area contributed by atoms with Crippen LogP contribution < -0.4 is 34.4 Å². The standard InChI is InChI=1S/C9H11NO2.2C5H12N2O2.C5H11NO2S/c10-8(9(11)12)6-7-4-2-1-3-5-7;2*6-3-1-2-4(7)5(8)9;1-9-3-2-4(6)5(7)8/h1-5,8H,6,10H2,(H,11,12);2*4H,1-3,6-7H2,(H,8,9);4H,2-3,6H2,1H3,(H,7,8)/t8-;3*4-/m0000/s1. The molecule has 1 aromatic rings. The van der Waals surface area contributed by atoms with Crippen LogP contribution >= 0.6 is 11.8 Å². The third-order valence-corrected chi connectivity index (χ3v) is 5.28. The van der Waals surface area contributed by atoms with Crippen LogP contribution in [0.15, 0.2) is 30.3 Å². The molecule has 16 N–H and O–H groups in total. The van der Waals surface area contributed by atoms with Gasteiger partial charge in [0, 0.05) is 0 Å². The molecule has 1 aromatic carbocycles. The Labute approximate surface area is 233 Å². The van der Waals surface area contributed by atoms with E-state index in [0.29, 0.717) is 51.6 Å². The van der Waals surface area contributed by atoms with Crippen molar-refractivity contribution in [2.45, 2.75) is 62.7 Å². The molecule has 0 spiro atoms. The quantitative estimate of drug-likeness (QED) is 0.120. The molecule has 0 saturated heterocycles. The van der Waals surface area contributed by atoms with E-state index in [2.05, 4.69) is 0 Å². The highest BCUT2D eigenvalue weighted by atomic mass is 32.2. The van der Waals surface area contributed by atoms with Crippen molar-refractivity contribution in [1.29, 1.82) is 0 Å². The third-order valence-electron chi connectivity index (χ3n) is 4.64. The van der Waals surface area contributed by atoms with E-state index < -0.39 is 48.0 Å². The van der Waals surface area contributed by atoms with Crippen molar-refractivity contribution < 1.29 is 39.6 Å². The first kappa shape index (κ1) is 40.7. The average Bonchev–Trinajstić information content (AvgIpc) is 2.90. The Hall–Kier alpha value is -2.79. The van der Waals surface area contributed by atoms with Gasteiger partial charge in [-0.1, -0.05) is 30.3 Å². The number of hydrogen-bond donors (Lipinski definition) is 10. The molecule has 0 unspecified atom stereocenters. The summed E-state index contributed by atoms with van der Waals surface area (Å²) in [6.07, 6.45) is 5.14. The van der Waals surface area contributed by atoms with Gasteiger partial charge in [0.05, 0.1) is 0 Å². The molecule has 0 aliphatic rings. The highest BCUT2D eigenvalue weighted by molar-refractivity contribution is 7.98. The number of nitrogens with two attached hydrogens (primary N) is 6. The minimum absolute atomic E-state index is 0.385. The van der Waals surface area contributed by atoms with Gasteiger partial charge in [-0.05, 0) is 69.2 Å². The molecular formula is C24H46N6O8S. The zero-order valence-corrected chi connectivity index (χ0v) is 23.2. The monoisotopic (exact) mass is 578 g/mol. The predicted octanol–water partition coefficient (Wildman–Crippen LogP) is -0.933. The van der Waals surface area contributed by atoms with E-state index >= 15 is 0 Å². The number of carbonyl (C=O) groups is 4. The van der Waals surface area contributed by atoms with Crippen LogP contribution in [0.1, 0.15) is 37.7 Å². The Bertz CT molecular complexity index is 734. The van der Waals surface area contributed by atoms with E-state index in [1.165, 1.54) is 0 Å². The van der Waals surface area contributed by atoms with Crippen molar-refractivity contribution in [2.24, 2.45) is 34.4 Å². The fraction of sp³-hybridized carbons (Fsp3) is 0.583. The second-order valence-corrected chi connectivity index (χ2v) is 9.10. The maximum atomic E-state index is 10.4. The van der Waals surface area contributed by atoms with Gasteiger partial charge in [0.25, 0.3) is 0 Å². The number of aliphatic carboxylic acids is 4. The highest BCUT2D eigenvalue weighted by Crippen LogP contribution is 2.01. The molecule has 15 heteroatoms. The van der Waals surface area contributed by atoms with E-state index in [0.717, 1.165) is 11.3 Å². The van der Waals surface area contributed by atoms with Gasteiger partial charge < -0.3 is 54.8 Å². The van der Waals surface area contributed by atoms with Crippen LogP contribution in [0.2, 0.25) is 0 Å². The molecule has 14 nitrogen and oxygen atoms in total. The van der Waals surface area contributed by atoms with Crippen molar-refractivity contribution in [3.05, 3.63) is 35.9 Å². The SMILES string of the molecule is CSCC[C@H](N)C(=O)O.NCCC[C@H](N)C(=O)O.NCCC[C@H](N)C(=O)O.N[C@@H](Cc1ccccc1)C(=O)O. The first-order valence-electron chi connectivity index (χ1n) is 12.1. The Kier molecular flexibility index (Phi) is 28.0. The maximum Gasteiger partial charge on any atom is 0.320 e. The minimum Gasteiger partial charge on any atom is -0.480 e. The normalized spacial score (nSPS) is 12.9. The second kappa shape index (κ2) is 26.8. The minimum atomic E-state index is -0.959. The smallest absolute Gasteiger partial charge is 0.320 e. The second-order valence-electron chi connectivity index (χ2n) is 8.11. The molecule has 0 radical (unpaired) electrons. The van der Waals surface area contributed by atoms with Crippen LogP contribution in [0.3, 0.4) is 0 Å². The topological polar surface area (TPSA) is 305 Å². The molecule has 0 aromatic heterocycles. The summed E-state index contributed by atoms with van der Waals surface area (Å²) in [6.45, 7) is 1.00. The molecule has 1 rings (SSSR count). The number of rotatable bonds is 15. The molecule has 0 bridgehead atoms. The lowest BCUT2D eigenvalue weighted by molar-refractivity contribution is -0.139. The molecule has 226 valence electrons. The summed E-state index contributed by atoms with van der Waals surface area (Å²) < 4.78 is 0. The molecule has 0 aliphatic heterocycles. The van der Waals surface area contributed by atoms with Crippen LogP contribution in [-0.2, 0) is 25.6 Å². The van der Waals surface area contributed by atoms with Gasteiger partial charge in [-0.3, -0.25) is 19.2 Å². The van der Waals surface area contributed by atoms with Crippen molar-refractivity contribution in [1.82, 2.24) is 0 Å². The van der Waals surface area contributed by atoms with Crippen LogP contribution in [-0.4, -0.2) is 93.6 Å². The fourth-order valence-corrected chi connectivity index (χ4v) is 2.74. The van der Waals surface area contributed by atoms with Crippen molar-refractivity contribution >= 4 is 35.6 Å². The van der Waals surface area contributed by atoms with Gasteiger partial charge in [0.1, 0.15) is 24.2 Å². The first-order valence-corrected chi connectivity index (χ1v) is 13.5. The summed E-state index contributed by atoms with van der Waals surface area (Å²) in [7, 11) is 0. The van der Waals surface area contributed by atoms with E-state index in [1.54, 1.807) is 11.8 Å². The van der Waals surface area contributed by atoms with E-state index in [1.807, 2.05) is 36.6 Å². The van der Waals surface area contributed by atoms with Gasteiger partial charge in [0.15, 0.2) is 0 Å². The summed E-state index contributed by atoms with van der Waals surface area (Å²) in [6, 6.07) is 6.38. The molecule has 0 amide bonds. The number of carboxylic acids is 4. The number of thioether (sulfide) groups is 1. The lowest BCUT2D eigenvalue weighted by atomic mass is 10.1. The fourth-order valence-electron chi connectivity index (χ4n) is 2.25. The molecule has 0 saturated carbocycles. The lowest BCUT2D eigenvalue weighted by Crippen LogP contribution is -2.32. The van der Waals surface area contributed by atoms with Gasteiger partial charge in [0.2, 0.25) is 0 Å². The summed E-state index contributed by atoms with van der Waals surface area (Å²) in [5.74, 6) is -2.97. The summed E-state index contributed by atoms with van der Waals surface area (Å²) in [5.41, 5.74) is 32.0. The molecular weight excluding hydrogens is 532 g/mol. The summed E-state index contributed by atoms with van der Waals surface area (Å²) in [4.78, 5) is 40.5. The Morgan fingerprint density at radius 2 is 1.03 bits per heavy atom. The van der Waals surface area contributed by atoms with Crippen LogP contribution in [0.25, 0.3) is 0 Å². The largest absolute Gasteiger partial charge is 0.480 e. The van der Waals surface area contributed by atoms with Crippen molar-refractivity contribution in [3.63, 3.8) is 0 Å². The lowest BCUT2D eigenvalue weighted by Gasteiger charge is -2.04. The van der Waals surface area contributed by atoms with E-state index in [-0.39, 0.29) is 0 Å². The summed E-state index contributed by atoms with van der Waals surface area (Å²) >= 11 is 1.60. The average molecular weight is 579 g/mol.